The maximum absolute atomic E-state index is 11.4. The van der Waals surface area contributed by atoms with Gasteiger partial charge in [-0.1, -0.05) is 31.2 Å². The molecule has 0 saturated carbocycles. The van der Waals surface area contributed by atoms with Crippen molar-refractivity contribution in [2.45, 2.75) is 32.8 Å². The van der Waals surface area contributed by atoms with E-state index in [2.05, 4.69) is 12.2 Å². The lowest BCUT2D eigenvalue weighted by Crippen LogP contribution is -2.31. The topological polar surface area (TPSA) is 49.3 Å². The zero-order chi connectivity index (χ0) is 12.0. The van der Waals surface area contributed by atoms with Crippen LogP contribution in [-0.4, -0.2) is 23.7 Å². The van der Waals surface area contributed by atoms with Gasteiger partial charge in [-0.3, -0.25) is 4.79 Å². The summed E-state index contributed by atoms with van der Waals surface area (Å²) >= 11 is 0. The SMILES string of the molecule is CCc1ccc(CC(=O)NCC(C)O)cc1. The van der Waals surface area contributed by atoms with Gasteiger partial charge in [0.05, 0.1) is 12.5 Å². The number of hydrogen-bond donors (Lipinski definition) is 2. The Morgan fingerprint density at radius 2 is 1.88 bits per heavy atom. The van der Waals surface area contributed by atoms with E-state index >= 15 is 0 Å². The molecular weight excluding hydrogens is 202 g/mol. The summed E-state index contributed by atoms with van der Waals surface area (Å²) in [6.45, 7) is 4.06. The van der Waals surface area contributed by atoms with Crippen LogP contribution in [-0.2, 0) is 17.6 Å². The van der Waals surface area contributed by atoms with Crippen molar-refractivity contribution in [3.05, 3.63) is 35.4 Å². The number of amides is 1. The Morgan fingerprint density at radius 1 is 1.31 bits per heavy atom. The van der Waals surface area contributed by atoms with E-state index in [1.165, 1.54) is 5.56 Å². The molecule has 88 valence electrons. The first-order chi connectivity index (χ1) is 7.61. The minimum absolute atomic E-state index is 0.0508. The number of carbonyl (C=O) groups excluding carboxylic acids is 1. The molecule has 0 bridgehead atoms. The van der Waals surface area contributed by atoms with Crippen LogP contribution in [0.5, 0.6) is 0 Å². The van der Waals surface area contributed by atoms with E-state index in [1.807, 2.05) is 24.3 Å². The number of aryl methyl sites for hydroxylation is 1. The molecule has 1 aromatic rings. The van der Waals surface area contributed by atoms with Crippen molar-refractivity contribution >= 4 is 5.91 Å². The number of rotatable bonds is 5. The Balaban J connectivity index is 2.43. The van der Waals surface area contributed by atoms with Crippen molar-refractivity contribution < 1.29 is 9.90 Å². The van der Waals surface area contributed by atoms with E-state index in [0.717, 1.165) is 12.0 Å². The highest BCUT2D eigenvalue weighted by Gasteiger charge is 2.04. The monoisotopic (exact) mass is 221 g/mol. The van der Waals surface area contributed by atoms with Crippen LogP contribution in [0.25, 0.3) is 0 Å². The molecule has 1 unspecified atom stereocenters. The van der Waals surface area contributed by atoms with Crippen molar-refractivity contribution in [2.75, 3.05) is 6.54 Å². The first kappa shape index (κ1) is 12.7. The molecule has 0 saturated heterocycles. The fourth-order valence-electron chi connectivity index (χ4n) is 1.40. The van der Waals surface area contributed by atoms with Gasteiger partial charge < -0.3 is 10.4 Å². The summed E-state index contributed by atoms with van der Waals surface area (Å²) in [5.74, 6) is -0.0508. The molecule has 0 heterocycles. The Bertz CT molecular complexity index is 330. The van der Waals surface area contributed by atoms with E-state index in [-0.39, 0.29) is 5.91 Å². The standard InChI is InChI=1S/C13H19NO2/c1-3-11-4-6-12(7-5-11)8-13(16)14-9-10(2)15/h4-7,10,15H,3,8-9H2,1-2H3,(H,14,16). The Morgan fingerprint density at radius 3 is 2.38 bits per heavy atom. The highest BCUT2D eigenvalue weighted by Crippen LogP contribution is 2.05. The Hall–Kier alpha value is -1.35. The third kappa shape index (κ3) is 4.45. The second-order valence-corrected chi connectivity index (χ2v) is 4.00. The smallest absolute Gasteiger partial charge is 0.224 e. The van der Waals surface area contributed by atoms with Gasteiger partial charge in [0.15, 0.2) is 0 Å². The molecule has 0 aromatic heterocycles. The van der Waals surface area contributed by atoms with E-state index in [1.54, 1.807) is 6.92 Å². The molecule has 3 nitrogen and oxygen atoms in total. The molecule has 1 amide bonds. The number of hydrogen-bond acceptors (Lipinski definition) is 2. The average Bonchev–Trinajstić information content (AvgIpc) is 2.27. The molecule has 1 aromatic carbocycles. The zero-order valence-electron chi connectivity index (χ0n) is 9.86. The van der Waals surface area contributed by atoms with Gasteiger partial charge in [-0.15, -0.1) is 0 Å². The highest BCUT2D eigenvalue weighted by atomic mass is 16.3. The van der Waals surface area contributed by atoms with E-state index in [4.69, 9.17) is 5.11 Å². The molecule has 16 heavy (non-hydrogen) atoms. The highest BCUT2D eigenvalue weighted by molar-refractivity contribution is 5.78. The van der Waals surface area contributed by atoms with E-state index in [0.29, 0.717) is 13.0 Å². The van der Waals surface area contributed by atoms with E-state index in [9.17, 15) is 4.79 Å². The molecular formula is C13H19NO2. The molecule has 0 spiro atoms. The lowest BCUT2D eigenvalue weighted by Gasteiger charge is -2.07. The normalized spacial score (nSPS) is 12.2. The van der Waals surface area contributed by atoms with Gasteiger partial charge >= 0.3 is 0 Å². The molecule has 2 N–H and O–H groups in total. The lowest BCUT2D eigenvalue weighted by molar-refractivity contribution is -0.120. The minimum atomic E-state index is -0.494. The van der Waals surface area contributed by atoms with Gasteiger partial charge in [0.25, 0.3) is 0 Å². The largest absolute Gasteiger partial charge is 0.392 e. The summed E-state index contributed by atoms with van der Waals surface area (Å²) in [5, 5.41) is 11.7. The summed E-state index contributed by atoms with van der Waals surface area (Å²) < 4.78 is 0. The second kappa shape index (κ2) is 6.28. The van der Waals surface area contributed by atoms with Crippen molar-refractivity contribution in [1.82, 2.24) is 5.32 Å². The summed E-state index contributed by atoms with van der Waals surface area (Å²) in [6.07, 6.45) is 0.886. The van der Waals surface area contributed by atoms with Crippen molar-refractivity contribution in [1.29, 1.82) is 0 Å². The number of aliphatic hydroxyl groups is 1. The molecule has 0 aliphatic rings. The Kier molecular flexibility index (Phi) is 4.99. The van der Waals surface area contributed by atoms with Gasteiger partial charge in [0, 0.05) is 6.54 Å². The summed E-state index contributed by atoms with van der Waals surface area (Å²) in [4.78, 5) is 11.4. The molecule has 0 fully saturated rings. The van der Waals surface area contributed by atoms with Crippen LogP contribution >= 0.6 is 0 Å². The molecule has 0 radical (unpaired) electrons. The van der Waals surface area contributed by atoms with Gasteiger partial charge in [-0.25, -0.2) is 0 Å². The third-order valence-corrected chi connectivity index (χ3v) is 2.39. The van der Waals surface area contributed by atoms with Gasteiger partial charge in [-0.05, 0) is 24.5 Å². The maximum atomic E-state index is 11.4. The lowest BCUT2D eigenvalue weighted by atomic mass is 10.1. The van der Waals surface area contributed by atoms with Gasteiger partial charge in [-0.2, -0.15) is 0 Å². The van der Waals surface area contributed by atoms with Crippen LogP contribution in [0.1, 0.15) is 25.0 Å². The molecule has 1 rings (SSSR count). The fraction of sp³-hybridized carbons (Fsp3) is 0.462. The quantitative estimate of drug-likeness (QED) is 0.787. The predicted molar refractivity (Wildman–Crippen MR) is 64.2 cm³/mol. The second-order valence-electron chi connectivity index (χ2n) is 4.00. The number of carbonyl (C=O) groups is 1. The van der Waals surface area contributed by atoms with Crippen LogP contribution < -0.4 is 5.32 Å². The zero-order valence-corrected chi connectivity index (χ0v) is 9.86. The van der Waals surface area contributed by atoms with Crippen LogP contribution in [0.15, 0.2) is 24.3 Å². The van der Waals surface area contributed by atoms with E-state index < -0.39 is 6.10 Å². The summed E-state index contributed by atoms with van der Waals surface area (Å²) in [5.41, 5.74) is 2.27. The first-order valence-electron chi connectivity index (χ1n) is 5.64. The predicted octanol–water partition coefficient (Wildman–Crippen LogP) is 1.29. The Labute approximate surface area is 96.5 Å². The van der Waals surface area contributed by atoms with Crippen LogP contribution in [0.2, 0.25) is 0 Å². The number of nitrogens with one attached hydrogen (secondary N) is 1. The third-order valence-electron chi connectivity index (χ3n) is 2.39. The van der Waals surface area contributed by atoms with Gasteiger partial charge in [0.2, 0.25) is 5.91 Å². The molecule has 0 aliphatic heterocycles. The van der Waals surface area contributed by atoms with Gasteiger partial charge in [0.1, 0.15) is 0 Å². The summed E-state index contributed by atoms with van der Waals surface area (Å²) in [6, 6.07) is 8.02. The van der Waals surface area contributed by atoms with Crippen molar-refractivity contribution in [3.8, 4) is 0 Å². The molecule has 1 atom stereocenters. The summed E-state index contributed by atoms with van der Waals surface area (Å²) in [7, 11) is 0. The van der Waals surface area contributed by atoms with Crippen molar-refractivity contribution in [3.63, 3.8) is 0 Å². The van der Waals surface area contributed by atoms with Crippen LogP contribution in [0, 0.1) is 0 Å². The first-order valence-corrected chi connectivity index (χ1v) is 5.64. The molecule has 0 aliphatic carbocycles. The van der Waals surface area contributed by atoms with Crippen LogP contribution in [0.3, 0.4) is 0 Å². The average molecular weight is 221 g/mol. The minimum Gasteiger partial charge on any atom is -0.392 e. The molecule has 3 heteroatoms. The van der Waals surface area contributed by atoms with Crippen LogP contribution in [0.4, 0.5) is 0 Å². The number of benzene rings is 1. The maximum Gasteiger partial charge on any atom is 0.224 e. The van der Waals surface area contributed by atoms with Crippen molar-refractivity contribution in [2.24, 2.45) is 0 Å². The number of aliphatic hydroxyl groups excluding tert-OH is 1. The fourth-order valence-corrected chi connectivity index (χ4v) is 1.40.